The van der Waals surface area contributed by atoms with Gasteiger partial charge in [-0.15, -0.1) is 0 Å². The van der Waals surface area contributed by atoms with Crippen molar-refractivity contribution in [2.45, 2.75) is 78.1 Å². The molecule has 5 atom stereocenters. The van der Waals surface area contributed by atoms with E-state index in [4.69, 9.17) is 9.47 Å². The van der Waals surface area contributed by atoms with Crippen molar-refractivity contribution < 1.29 is 24.2 Å². The first-order valence-electron chi connectivity index (χ1n) is 8.77. The highest BCUT2D eigenvalue weighted by Crippen LogP contribution is 2.52. The summed E-state index contributed by atoms with van der Waals surface area (Å²) < 4.78 is 11.1. The highest BCUT2D eigenvalue weighted by molar-refractivity contribution is 5.67. The van der Waals surface area contributed by atoms with E-state index in [1.807, 2.05) is 6.92 Å². The average molecular weight is 338 g/mol. The second-order valence-electron chi connectivity index (χ2n) is 8.00. The van der Waals surface area contributed by atoms with Gasteiger partial charge in [0.15, 0.2) is 0 Å². The summed E-state index contributed by atoms with van der Waals surface area (Å²) in [5.74, 6) is -0.641. The topological polar surface area (TPSA) is 72.8 Å². The van der Waals surface area contributed by atoms with Gasteiger partial charge >= 0.3 is 11.9 Å². The van der Waals surface area contributed by atoms with Crippen molar-refractivity contribution in [2.75, 3.05) is 0 Å². The maximum absolute atomic E-state index is 11.6. The standard InChI is InChI=1S/C19H30O5/c1-11(2)14-9-16-15(7-8-18(16,5)24-13(4)21)19(6,22)17(10-14)23-12(3)20/h9,11,15-17,22H,7-8,10H2,1-6H3. The fourth-order valence-electron chi connectivity index (χ4n) is 4.36. The Balaban J connectivity index is 2.46. The van der Waals surface area contributed by atoms with Crippen molar-refractivity contribution in [3.63, 3.8) is 0 Å². The third-order valence-electron chi connectivity index (χ3n) is 5.73. The molecule has 0 aromatic rings. The molecule has 5 nitrogen and oxygen atoms in total. The number of aliphatic hydroxyl groups is 1. The van der Waals surface area contributed by atoms with Gasteiger partial charge in [-0.05, 0) is 32.6 Å². The molecule has 0 aromatic carbocycles. The SMILES string of the molecule is CC(=O)OC1CC(C(C)C)=CC2C(CCC2(C)OC(C)=O)C1(C)O. The molecule has 2 aliphatic carbocycles. The molecule has 5 unspecified atom stereocenters. The Kier molecular flexibility index (Phi) is 5.14. The van der Waals surface area contributed by atoms with Gasteiger partial charge in [0.2, 0.25) is 0 Å². The minimum absolute atomic E-state index is 0.0886. The van der Waals surface area contributed by atoms with Gasteiger partial charge in [-0.25, -0.2) is 0 Å². The van der Waals surface area contributed by atoms with Gasteiger partial charge in [-0.1, -0.05) is 25.5 Å². The summed E-state index contributed by atoms with van der Waals surface area (Å²) in [4.78, 5) is 23.1. The van der Waals surface area contributed by atoms with Crippen molar-refractivity contribution in [3.05, 3.63) is 11.6 Å². The van der Waals surface area contributed by atoms with Gasteiger partial charge in [0, 0.05) is 32.1 Å². The number of hydrogen-bond acceptors (Lipinski definition) is 5. The van der Waals surface area contributed by atoms with Crippen LogP contribution in [0.2, 0.25) is 0 Å². The van der Waals surface area contributed by atoms with Crippen LogP contribution < -0.4 is 0 Å². The molecule has 0 amide bonds. The predicted octanol–water partition coefficient (Wildman–Crippen LogP) is 3.00. The van der Waals surface area contributed by atoms with Gasteiger partial charge in [-0.3, -0.25) is 9.59 Å². The van der Waals surface area contributed by atoms with Gasteiger partial charge in [0.05, 0.1) is 0 Å². The quantitative estimate of drug-likeness (QED) is 0.632. The molecule has 136 valence electrons. The number of hydrogen-bond donors (Lipinski definition) is 1. The lowest BCUT2D eigenvalue weighted by molar-refractivity contribution is -0.172. The van der Waals surface area contributed by atoms with E-state index in [1.54, 1.807) is 6.92 Å². The van der Waals surface area contributed by atoms with Crippen LogP contribution in [0.5, 0.6) is 0 Å². The maximum atomic E-state index is 11.6. The monoisotopic (exact) mass is 338 g/mol. The van der Waals surface area contributed by atoms with E-state index in [0.717, 1.165) is 12.0 Å². The minimum atomic E-state index is -1.17. The fourth-order valence-corrected chi connectivity index (χ4v) is 4.36. The molecule has 0 aliphatic heterocycles. The second-order valence-corrected chi connectivity index (χ2v) is 8.00. The number of carbonyl (C=O) groups is 2. The van der Waals surface area contributed by atoms with Crippen LogP contribution in [-0.4, -0.2) is 34.4 Å². The Morgan fingerprint density at radius 1 is 1.25 bits per heavy atom. The Morgan fingerprint density at radius 2 is 1.88 bits per heavy atom. The van der Waals surface area contributed by atoms with Crippen molar-refractivity contribution >= 4 is 11.9 Å². The second kappa shape index (κ2) is 6.51. The fraction of sp³-hybridized carbons (Fsp3) is 0.789. The molecule has 0 radical (unpaired) electrons. The van der Waals surface area contributed by atoms with Crippen LogP contribution in [0.4, 0.5) is 0 Å². The molecule has 2 aliphatic rings. The molecule has 0 heterocycles. The van der Waals surface area contributed by atoms with Crippen LogP contribution in [0.1, 0.15) is 60.8 Å². The Bertz CT molecular complexity index is 548. The third kappa shape index (κ3) is 3.51. The van der Waals surface area contributed by atoms with Gasteiger partial charge < -0.3 is 14.6 Å². The predicted molar refractivity (Wildman–Crippen MR) is 90.1 cm³/mol. The van der Waals surface area contributed by atoms with E-state index in [-0.39, 0.29) is 29.7 Å². The van der Waals surface area contributed by atoms with Gasteiger partial charge in [-0.2, -0.15) is 0 Å². The zero-order valence-corrected chi connectivity index (χ0v) is 15.6. The third-order valence-corrected chi connectivity index (χ3v) is 5.73. The number of esters is 2. The Labute approximate surface area is 144 Å². The Morgan fingerprint density at radius 3 is 2.38 bits per heavy atom. The van der Waals surface area contributed by atoms with Crippen LogP contribution in [0.3, 0.4) is 0 Å². The van der Waals surface area contributed by atoms with Crippen molar-refractivity contribution in [3.8, 4) is 0 Å². The van der Waals surface area contributed by atoms with Crippen molar-refractivity contribution in [1.29, 1.82) is 0 Å². The van der Waals surface area contributed by atoms with Crippen LogP contribution in [0.25, 0.3) is 0 Å². The van der Waals surface area contributed by atoms with Crippen molar-refractivity contribution in [2.24, 2.45) is 17.8 Å². The van der Waals surface area contributed by atoms with Crippen LogP contribution in [0.15, 0.2) is 11.6 Å². The zero-order valence-electron chi connectivity index (χ0n) is 15.6. The first-order chi connectivity index (χ1) is 11.0. The van der Waals surface area contributed by atoms with Crippen LogP contribution >= 0.6 is 0 Å². The molecule has 0 saturated heterocycles. The molecule has 0 spiro atoms. The normalized spacial score (nSPS) is 39.0. The highest BCUT2D eigenvalue weighted by atomic mass is 16.6. The van der Waals surface area contributed by atoms with E-state index in [0.29, 0.717) is 12.8 Å². The zero-order chi connectivity index (χ0) is 18.3. The summed E-state index contributed by atoms with van der Waals surface area (Å²) in [7, 11) is 0. The largest absolute Gasteiger partial charge is 0.459 e. The minimum Gasteiger partial charge on any atom is -0.459 e. The number of ether oxygens (including phenoxy) is 2. The smallest absolute Gasteiger partial charge is 0.303 e. The van der Waals surface area contributed by atoms with E-state index < -0.39 is 17.3 Å². The molecule has 1 fully saturated rings. The number of fused-ring (bicyclic) bond motifs is 1. The number of carbonyl (C=O) groups excluding carboxylic acids is 2. The van der Waals surface area contributed by atoms with E-state index in [2.05, 4.69) is 19.9 Å². The molecule has 5 heteroatoms. The van der Waals surface area contributed by atoms with Crippen LogP contribution in [-0.2, 0) is 19.1 Å². The summed E-state index contributed by atoms with van der Waals surface area (Å²) in [6.45, 7) is 10.6. The molecule has 2 rings (SSSR count). The summed E-state index contributed by atoms with van der Waals surface area (Å²) in [6, 6.07) is 0. The molecule has 24 heavy (non-hydrogen) atoms. The van der Waals surface area contributed by atoms with Crippen molar-refractivity contribution in [1.82, 2.24) is 0 Å². The maximum Gasteiger partial charge on any atom is 0.303 e. The van der Waals surface area contributed by atoms with Gasteiger partial charge in [0.25, 0.3) is 0 Å². The number of rotatable bonds is 3. The Hall–Kier alpha value is -1.36. The molecule has 0 aromatic heterocycles. The highest BCUT2D eigenvalue weighted by Gasteiger charge is 2.57. The summed E-state index contributed by atoms with van der Waals surface area (Å²) in [5, 5.41) is 11.2. The van der Waals surface area contributed by atoms with Crippen LogP contribution in [0, 0.1) is 17.8 Å². The average Bonchev–Trinajstić information content (AvgIpc) is 2.66. The molecule has 1 N–H and O–H groups in total. The van der Waals surface area contributed by atoms with E-state index in [1.165, 1.54) is 13.8 Å². The summed E-state index contributed by atoms with van der Waals surface area (Å²) in [6.07, 6.45) is 3.49. The molecule has 0 bridgehead atoms. The molecular weight excluding hydrogens is 308 g/mol. The molecular formula is C19H30O5. The first kappa shape index (κ1) is 19.0. The summed E-state index contributed by atoms with van der Waals surface area (Å²) >= 11 is 0. The lowest BCUT2D eigenvalue weighted by Crippen LogP contribution is -2.50. The lowest BCUT2D eigenvalue weighted by atomic mass is 9.76. The van der Waals surface area contributed by atoms with E-state index in [9.17, 15) is 14.7 Å². The first-order valence-corrected chi connectivity index (χ1v) is 8.77. The molecule has 1 saturated carbocycles. The van der Waals surface area contributed by atoms with Gasteiger partial charge in [0.1, 0.15) is 17.3 Å². The summed E-state index contributed by atoms with van der Waals surface area (Å²) in [5.41, 5.74) is -0.665. The lowest BCUT2D eigenvalue weighted by Gasteiger charge is -2.39. The van der Waals surface area contributed by atoms with E-state index >= 15 is 0 Å².